The predicted octanol–water partition coefficient (Wildman–Crippen LogP) is 4.46. The third kappa shape index (κ3) is 5.27. The molecule has 0 bridgehead atoms. The zero-order chi connectivity index (χ0) is 20.8. The SMILES string of the molecule is CC(=O)N(C)c1ccc(NC(=S)NC(=O)c2ccc(-c3ccccc3)cc2)cc1. The lowest BCUT2D eigenvalue weighted by molar-refractivity contribution is -0.116. The van der Waals surface area contributed by atoms with Gasteiger partial charge in [-0.3, -0.25) is 14.9 Å². The van der Waals surface area contributed by atoms with Gasteiger partial charge in [-0.15, -0.1) is 0 Å². The summed E-state index contributed by atoms with van der Waals surface area (Å²) in [6.07, 6.45) is 0. The lowest BCUT2D eigenvalue weighted by Gasteiger charge is -2.16. The molecule has 6 heteroatoms. The van der Waals surface area contributed by atoms with Gasteiger partial charge in [-0.05, 0) is 59.7 Å². The van der Waals surface area contributed by atoms with E-state index in [9.17, 15) is 9.59 Å². The minimum absolute atomic E-state index is 0.0493. The molecule has 0 atom stereocenters. The van der Waals surface area contributed by atoms with E-state index in [1.165, 1.54) is 6.92 Å². The molecule has 0 heterocycles. The molecule has 0 aliphatic rings. The van der Waals surface area contributed by atoms with Gasteiger partial charge in [0.05, 0.1) is 0 Å². The Hall–Kier alpha value is -3.51. The Labute approximate surface area is 175 Å². The third-order valence-electron chi connectivity index (χ3n) is 4.47. The van der Waals surface area contributed by atoms with Crippen LogP contribution in [-0.4, -0.2) is 24.0 Å². The van der Waals surface area contributed by atoms with Gasteiger partial charge in [-0.2, -0.15) is 0 Å². The average molecular weight is 404 g/mol. The standard InChI is InChI=1S/C23H21N3O2S/c1-16(27)26(2)21-14-12-20(13-15-21)24-23(29)25-22(28)19-10-8-18(9-11-19)17-6-4-3-5-7-17/h3-15H,1-2H3,(H2,24,25,28,29). The Balaban J connectivity index is 1.59. The van der Waals surface area contributed by atoms with Gasteiger partial charge in [0.25, 0.3) is 5.91 Å². The van der Waals surface area contributed by atoms with Crippen LogP contribution in [0.5, 0.6) is 0 Å². The summed E-state index contributed by atoms with van der Waals surface area (Å²) >= 11 is 5.23. The van der Waals surface area contributed by atoms with Gasteiger partial charge in [-0.1, -0.05) is 42.5 Å². The van der Waals surface area contributed by atoms with E-state index in [4.69, 9.17) is 12.2 Å². The number of benzene rings is 3. The average Bonchev–Trinajstić information content (AvgIpc) is 2.74. The van der Waals surface area contributed by atoms with Crippen LogP contribution >= 0.6 is 12.2 Å². The van der Waals surface area contributed by atoms with Crippen LogP contribution in [0.2, 0.25) is 0 Å². The van der Waals surface area contributed by atoms with Crippen LogP contribution in [-0.2, 0) is 4.79 Å². The first-order valence-corrected chi connectivity index (χ1v) is 9.47. The summed E-state index contributed by atoms with van der Waals surface area (Å²) in [5.41, 5.74) is 4.15. The minimum Gasteiger partial charge on any atom is -0.332 e. The van der Waals surface area contributed by atoms with Gasteiger partial charge in [-0.25, -0.2) is 0 Å². The van der Waals surface area contributed by atoms with Gasteiger partial charge < -0.3 is 10.2 Å². The molecule has 3 rings (SSSR count). The lowest BCUT2D eigenvalue weighted by atomic mass is 10.0. The fourth-order valence-corrected chi connectivity index (χ4v) is 2.94. The fourth-order valence-electron chi connectivity index (χ4n) is 2.73. The topological polar surface area (TPSA) is 61.4 Å². The van der Waals surface area contributed by atoms with E-state index in [2.05, 4.69) is 10.6 Å². The monoisotopic (exact) mass is 403 g/mol. The first kappa shape index (κ1) is 20.2. The Morgan fingerprint density at radius 1 is 0.828 bits per heavy atom. The predicted molar refractivity (Wildman–Crippen MR) is 121 cm³/mol. The number of carbonyl (C=O) groups is 2. The maximum absolute atomic E-state index is 12.4. The quantitative estimate of drug-likeness (QED) is 0.632. The van der Waals surface area contributed by atoms with E-state index in [1.54, 1.807) is 48.3 Å². The zero-order valence-corrected chi connectivity index (χ0v) is 17.0. The molecule has 2 N–H and O–H groups in total. The summed E-state index contributed by atoms with van der Waals surface area (Å²) in [6.45, 7) is 1.50. The van der Waals surface area contributed by atoms with Crippen molar-refractivity contribution < 1.29 is 9.59 Å². The van der Waals surface area contributed by atoms with Crippen LogP contribution in [0.15, 0.2) is 78.9 Å². The Kier molecular flexibility index (Phi) is 6.36. The summed E-state index contributed by atoms with van der Waals surface area (Å²) in [5, 5.41) is 5.85. The molecule has 0 aromatic heterocycles. The smallest absolute Gasteiger partial charge is 0.257 e. The number of rotatable bonds is 4. The maximum Gasteiger partial charge on any atom is 0.257 e. The maximum atomic E-state index is 12.4. The van der Waals surface area contributed by atoms with Gasteiger partial charge in [0, 0.05) is 30.9 Å². The zero-order valence-electron chi connectivity index (χ0n) is 16.2. The van der Waals surface area contributed by atoms with E-state index >= 15 is 0 Å². The molecule has 0 spiro atoms. The van der Waals surface area contributed by atoms with E-state index in [-0.39, 0.29) is 16.9 Å². The molecule has 29 heavy (non-hydrogen) atoms. The number of thiocarbonyl (C=S) groups is 1. The van der Waals surface area contributed by atoms with Crippen molar-refractivity contribution in [3.63, 3.8) is 0 Å². The molecule has 0 aliphatic carbocycles. The van der Waals surface area contributed by atoms with Crippen molar-refractivity contribution in [1.29, 1.82) is 0 Å². The number of nitrogens with one attached hydrogen (secondary N) is 2. The van der Waals surface area contributed by atoms with E-state index in [0.29, 0.717) is 5.56 Å². The highest BCUT2D eigenvalue weighted by molar-refractivity contribution is 7.80. The van der Waals surface area contributed by atoms with Crippen LogP contribution in [0.25, 0.3) is 11.1 Å². The van der Waals surface area contributed by atoms with Crippen molar-refractivity contribution in [2.24, 2.45) is 0 Å². The van der Waals surface area contributed by atoms with Crippen molar-refractivity contribution in [3.05, 3.63) is 84.4 Å². The number of amides is 2. The molecule has 0 radical (unpaired) electrons. The van der Waals surface area contributed by atoms with E-state index in [1.807, 2.05) is 42.5 Å². The van der Waals surface area contributed by atoms with Crippen LogP contribution in [0.3, 0.4) is 0 Å². The Morgan fingerprint density at radius 3 is 2.00 bits per heavy atom. The Morgan fingerprint density at radius 2 is 1.41 bits per heavy atom. The first-order valence-electron chi connectivity index (χ1n) is 9.06. The third-order valence-corrected chi connectivity index (χ3v) is 4.67. The van der Waals surface area contributed by atoms with Gasteiger partial charge in [0.2, 0.25) is 5.91 Å². The molecular formula is C23H21N3O2S. The van der Waals surface area contributed by atoms with Gasteiger partial charge >= 0.3 is 0 Å². The second kappa shape index (κ2) is 9.12. The summed E-state index contributed by atoms with van der Waals surface area (Å²) in [5.74, 6) is -0.332. The van der Waals surface area contributed by atoms with Crippen molar-refractivity contribution in [1.82, 2.24) is 5.32 Å². The Bertz CT molecular complexity index is 1020. The molecule has 0 unspecified atom stereocenters. The molecular weight excluding hydrogens is 382 g/mol. The van der Waals surface area contributed by atoms with Crippen molar-refractivity contribution in [3.8, 4) is 11.1 Å². The highest BCUT2D eigenvalue weighted by Crippen LogP contribution is 2.19. The second-order valence-electron chi connectivity index (χ2n) is 6.48. The molecule has 146 valence electrons. The van der Waals surface area contributed by atoms with E-state index < -0.39 is 0 Å². The number of nitrogens with zero attached hydrogens (tertiary/aromatic N) is 1. The molecule has 3 aromatic rings. The molecule has 0 saturated carbocycles. The molecule has 2 amide bonds. The van der Waals surface area contributed by atoms with Crippen molar-refractivity contribution >= 4 is 40.5 Å². The molecule has 0 saturated heterocycles. The van der Waals surface area contributed by atoms with Crippen molar-refractivity contribution in [2.45, 2.75) is 6.92 Å². The molecule has 5 nitrogen and oxygen atoms in total. The highest BCUT2D eigenvalue weighted by atomic mass is 32.1. The number of hydrogen-bond acceptors (Lipinski definition) is 3. The van der Waals surface area contributed by atoms with Crippen LogP contribution in [0.4, 0.5) is 11.4 Å². The largest absolute Gasteiger partial charge is 0.332 e. The molecule has 3 aromatic carbocycles. The molecule has 0 aliphatic heterocycles. The fraction of sp³-hybridized carbons (Fsp3) is 0.0870. The summed E-state index contributed by atoms with van der Waals surface area (Å²) < 4.78 is 0. The highest BCUT2D eigenvalue weighted by Gasteiger charge is 2.09. The number of carbonyl (C=O) groups excluding carboxylic acids is 2. The number of anilines is 2. The summed E-state index contributed by atoms with van der Waals surface area (Å²) in [7, 11) is 1.71. The first-order chi connectivity index (χ1) is 13.9. The normalized spacial score (nSPS) is 10.1. The van der Waals surface area contributed by atoms with Crippen LogP contribution in [0.1, 0.15) is 17.3 Å². The number of hydrogen-bond donors (Lipinski definition) is 2. The van der Waals surface area contributed by atoms with Crippen molar-refractivity contribution in [2.75, 3.05) is 17.3 Å². The minimum atomic E-state index is -0.282. The second-order valence-corrected chi connectivity index (χ2v) is 6.88. The summed E-state index contributed by atoms with van der Waals surface area (Å²) in [6, 6.07) is 24.5. The van der Waals surface area contributed by atoms with Crippen LogP contribution in [0, 0.1) is 0 Å². The molecule has 0 fully saturated rings. The summed E-state index contributed by atoms with van der Waals surface area (Å²) in [4.78, 5) is 25.4. The van der Waals surface area contributed by atoms with E-state index in [0.717, 1.165) is 22.5 Å². The van der Waals surface area contributed by atoms with Gasteiger partial charge in [0.1, 0.15) is 0 Å². The lowest BCUT2D eigenvalue weighted by Crippen LogP contribution is -2.34. The van der Waals surface area contributed by atoms with Gasteiger partial charge in [0.15, 0.2) is 5.11 Å². The van der Waals surface area contributed by atoms with Crippen LogP contribution < -0.4 is 15.5 Å².